The number of ether oxygens (including phenoxy) is 1. The van der Waals surface area contributed by atoms with Crippen LogP contribution in [-0.4, -0.2) is 11.9 Å². The van der Waals surface area contributed by atoms with Crippen LogP contribution in [-0.2, 0) is 14.3 Å². The summed E-state index contributed by atoms with van der Waals surface area (Å²) in [6.45, 7) is 0. The summed E-state index contributed by atoms with van der Waals surface area (Å²) < 4.78 is 4.84. The summed E-state index contributed by atoms with van der Waals surface area (Å²) in [4.78, 5) is 23.5. The first kappa shape index (κ1) is 8.67. The Morgan fingerprint density at radius 1 is 0.882 bits per heavy atom. The molecule has 86 valence electrons. The molecule has 4 aliphatic carbocycles. The fraction of sp³-hybridized carbons (Fsp3) is 0.571. The average molecular weight is 228 g/mol. The van der Waals surface area contributed by atoms with Crippen molar-refractivity contribution in [1.29, 1.82) is 0 Å². The molecule has 0 aromatic rings. The van der Waals surface area contributed by atoms with Crippen molar-refractivity contribution in [3.63, 3.8) is 0 Å². The Hall–Kier alpha value is -1.38. The van der Waals surface area contributed by atoms with Gasteiger partial charge in [0.15, 0.2) is 0 Å². The third-order valence-electron chi connectivity index (χ3n) is 5.52. The van der Waals surface area contributed by atoms with Crippen molar-refractivity contribution in [2.75, 3.05) is 0 Å². The van der Waals surface area contributed by atoms with Gasteiger partial charge in [0.25, 0.3) is 0 Å². The van der Waals surface area contributed by atoms with Gasteiger partial charge in [-0.05, 0) is 36.5 Å². The monoisotopic (exact) mass is 228 g/mol. The number of esters is 2. The van der Waals surface area contributed by atoms with E-state index in [9.17, 15) is 9.59 Å². The van der Waals surface area contributed by atoms with E-state index in [0.717, 1.165) is 6.42 Å². The van der Waals surface area contributed by atoms with E-state index in [2.05, 4.69) is 12.2 Å². The van der Waals surface area contributed by atoms with Gasteiger partial charge in [0, 0.05) is 0 Å². The lowest BCUT2D eigenvalue weighted by molar-refractivity contribution is -0.154. The smallest absolute Gasteiger partial charge is 0.318 e. The lowest BCUT2D eigenvalue weighted by Gasteiger charge is -2.26. The third kappa shape index (κ3) is 0.753. The molecular weight excluding hydrogens is 216 g/mol. The molecule has 6 atom stereocenters. The van der Waals surface area contributed by atoms with Crippen LogP contribution in [0.15, 0.2) is 23.3 Å². The average Bonchev–Trinajstić information content (AvgIpc) is 3.03. The second kappa shape index (κ2) is 2.40. The highest BCUT2D eigenvalue weighted by Gasteiger charge is 2.65. The van der Waals surface area contributed by atoms with Gasteiger partial charge >= 0.3 is 11.9 Å². The fourth-order valence-electron chi connectivity index (χ4n) is 5.13. The van der Waals surface area contributed by atoms with Gasteiger partial charge in [-0.25, -0.2) is 0 Å². The molecule has 1 saturated carbocycles. The molecule has 1 saturated heterocycles. The highest BCUT2D eigenvalue weighted by molar-refractivity contribution is 5.98. The number of fused-ring (bicyclic) bond motifs is 11. The zero-order chi connectivity index (χ0) is 11.3. The Morgan fingerprint density at radius 3 is 1.94 bits per heavy atom. The zero-order valence-electron chi connectivity index (χ0n) is 9.26. The summed E-state index contributed by atoms with van der Waals surface area (Å²) in [5, 5.41) is 0. The molecule has 1 aliphatic heterocycles. The summed E-state index contributed by atoms with van der Waals surface area (Å²) in [7, 11) is 0. The number of carbonyl (C=O) groups is 2. The Bertz CT molecular complexity index is 498. The molecule has 17 heavy (non-hydrogen) atoms. The van der Waals surface area contributed by atoms with E-state index in [1.807, 2.05) is 0 Å². The molecule has 4 bridgehead atoms. The third-order valence-corrected chi connectivity index (χ3v) is 5.52. The van der Waals surface area contributed by atoms with Gasteiger partial charge in [0.2, 0.25) is 0 Å². The standard InChI is InChI=1S/C14H12O3/c15-13-11-7-4-8(12(11)14(16)17-13)10-6-2-1-5(3-6)9(7)10/h1-2,5-8,11-12H,3-4H2. The highest BCUT2D eigenvalue weighted by Crippen LogP contribution is 2.66. The van der Waals surface area contributed by atoms with Crippen LogP contribution in [0.4, 0.5) is 0 Å². The minimum Gasteiger partial charge on any atom is -0.393 e. The lowest BCUT2D eigenvalue weighted by atomic mass is 9.74. The van der Waals surface area contributed by atoms with Crippen LogP contribution in [0.25, 0.3) is 0 Å². The number of hydrogen-bond donors (Lipinski definition) is 0. The first-order chi connectivity index (χ1) is 8.25. The molecule has 5 rings (SSSR count). The highest BCUT2D eigenvalue weighted by atomic mass is 16.6. The summed E-state index contributed by atoms with van der Waals surface area (Å²) in [5.41, 5.74) is 3.02. The number of rotatable bonds is 0. The van der Waals surface area contributed by atoms with E-state index in [1.54, 1.807) is 0 Å². The van der Waals surface area contributed by atoms with Gasteiger partial charge in [0.1, 0.15) is 0 Å². The van der Waals surface area contributed by atoms with Crippen molar-refractivity contribution in [1.82, 2.24) is 0 Å². The first-order valence-electron chi connectivity index (χ1n) is 6.43. The van der Waals surface area contributed by atoms with Crippen LogP contribution in [0.3, 0.4) is 0 Å². The first-order valence-corrected chi connectivity index (χ1v) is 6.43. The molecule has 0 aromatic heterocycles. The van der Waals surface area contributed by atoms with E-state index >= 15 is 0 Å². The Labute approximate surface area is 98.5 Å². The number of allylic oxidation sites excluding steroid dienone is 4. The van der Waals surface area contributed by atoms with Crippen LogP contribution < -0.4 is 0 Å². The maximum absolute atomic E-state index is 11.8. The molecule has 3 heteroatoms. The Kier molecular flexibility index (Phi) is 1.22. The largest absolute Gasteiger partial charge is 0.393 e. The minimum atomic E-state index is -0.259. The molecule has 3 nitrogen and oxygen atoms in total. The SMILES string of the molecule is O=C1OC(=O)C2C3CC(C4=C3C3C=CC4C3)C12. The molecule has 0 aromatic carbocycles. The van der Waals surface area contributed by atoms with Gasteiger partial charge in [-0.15, -0.1) is 0 Å². The van der Waals surface area contributed by atoms with Crippen molar-refractivity contribution >= 4 is 11.9 Å². The van der Waals surface area contributed by atoms with Gasteiger partial charge in [-0.3, -0.25) is 9.59 Å². The number of cyclic esters (lactones) is 2. The molecule has 0 N–H and O–H groups in total. The predicted molar refractivity (Wildman–Crippen MR) is 57.4 cm³/mol. The van der Waals surface area contributed by atoms with Crippen LogP contribution in [0.2, 0.25) is 0 Å². The molecule has 0 amide bonds. The van der Waals surface area contributed by atoms with Gasteiger partial charge < -0.3 is 4.74 Å². The van der Waals surface area contributed by atoms with Crippen LogP contribution in [0, 0.1) is 35.5 Å². The molecule has 2 fully saturated rings. The van der Waals surface area contributed by atoms with E-state index in [0.29, 0.717) is 23.7 Å². The van der Waals surface area contributed by atoms with Crippen LogP contribution in [0.1, 0.15) is 12.8 Å². The number of carbonyl (C=O) groups excluding carboxylic acids is 2. The zero-order valence-corrected chi connectivity index (χ0v) is 9.26. The summed E-state index contributed by atoms with van der Waals surface area (Å²) >= 11 is 0. The topological polar surface area (TPSA) is 43.4 Å². The van der Waals surface area contributed by atoms with Crippen LogP contribution in [0.5, 0.6) is 0 Å². The molecule has 6 unspecified atom stereocenters. The minimum absolute atomic E-state index is 0.140. The Balaban J connectivity index is 1.69. The van der Waals surface area contributed by atoms with Gasteiger partial charge in [-0.1, -0.05) is 23.3 Å². The molecular formula is C14H12O3. The van der Waals surface area contributed by atoms with E-state index in [1.165, 1.54) is 17.6 Å². The molecule has 1 heterocycles. The second-order valence-electron chi connectivity index (χ2n) is 5.98. The normalized spacial score (nSPS) is 52.5. The van der Waals surface area contributed by atoms with Crippen LogP contribution >= 0.6 is 0 Å². The van der Waals surface area contributed by atoms with Crippen molar-refractivity contribution in [3.05, 3.63) is 23.3 Å². The van der Waals surface area contributed by atoms with E-state index < -0.39 is 0 Å². The predicted octanol–water partition coefficient (Wildman–Crippen LogP) is 1.45. The number of hydrogen-bond acceptors (Lipinski definition) is 3. The summed E-state index contributed by atoms with van der Waals surface area (Å²) in [5.74, 6) is 0.969. The maximum Gasteiger partial charge on any atom is 0.318 e. The lowest BCUT2D eigenvalue weighted by Crippen LogP contribution is -2.28. The van der Waals surface area contributed by atoms with E-state index in [4.69, 9.17) is 4.74 Å². The van der Waals surface area contributed by atoms with Gasteiger partial charge in [0.05, 0.1) is 11.8 Å². The second-order valence-corrected chi connectivity index (χ2v) is 5.98. The summed E-state index contributed by atoms with van der Waals surface area (Å²) in [6.07, 6.45) is 6.80. The quantitative estimate of drug-likeness (QED) is 0.273. The van der Waals surface area contributed by atoms with Crippen molar-refractivity contribution in [2.24, 2.45) is 35.5 Å². The van der Waals surface area contributed by atoms with Crippen molar-refractivity contribution in [2.45, 2.75) is 12.8 Å². The Morgan fingerprint density at radius 2 is 1.41 bits per heavy atom. The maximum atomic E-state index is 11.8. The summed E-state index contributed by atoms with van der Waals surface area (Å²) in [6, 6.07) is 0. The van der Waals surface area contributed by atoms with Crippen molar-refractivity contribution in [3.8, 4) is 0 Å². The fourth-order valence-corrected chi connectivity index (χ4v) is 5.13. The molecule has 0 spiro atoms. The van der Waals surface area contributed by atoms with Crippen molar-refractivity contribution < 1.29 is 14.3 Å². The van der Waals surface area contributed by atoms with E-state index in [-0.39, 0.29) is 23.8 Å². The molecule has 0 radical (unpaired) electrons. The van der Waals surface area contributed by atoms with Gasteiger partial charge in [-0.2, -0.15) is 0 Å². The molecule has 5 aliphatic rings.